The van der Waals surface area contributed by atoms with Crippen molar-refractivity contribution in [3.05, 3.63) is 35.5 Å². The molecule has 0 aliphatic carbocycles. The van der Waals surface area contributed by atoms with Gasteiger partial charge in [-0.3, -0.25) is 0 Å². The Hall–Kier alpha value is -2.21. The molecule has 0 amide bonds. The first-order chi connectivity index (χ1) is 10.8. The number of unbranched alkanes of at least 4 members (excludes halogenated alkanes) is 1. The second-order valence-corrected chi connectivity index (χ2v) is 4.85. The lowest BCUT2D eigenvalue weighted by Crippen LogP contribution is -2.06. The topological polar surface area (TPSA) is 77.1 Å². The lowest BCUT2D eigenvalue weighted by molar-refractivity contribution is 0.0520. The third-order valence-corrected chi connectivity index (χ3v) is 3.13. The normalized spacial score (nSPS) is 10.6. The number of benzene rings is 1. The highest BCUT2D eigenvalue weighted by Gasteiger charge is 2.19. The summed E-state index contributed by atoms with van der Waals surface area (Å²) in [6.07, 6.45) is 2.16. The van der Waals surface area contributed by atoms with Crippen LogP contribution in [0.15, 0.2) is 24.3 Å². The molecule has 0 aliphatic heterocycles. The van der Waals surface area contributed by atoms with Gasteiger partial charge in [-0.15, -0.1) is 5.10 Å². The van der Waals surface area contributed by atoms with E-state index in [0.717, 1.165) is 30.6 Å². The van der Waals surface area contributed by atoms with E-state index in [1.54, 1.807) is 6.92 Å². The van der Waals surface area contributed by atoms with Crippen molar-refractivity contribution in [1.29, 1.82) is 0 Å². The molecule has 0 fully saturated rings. The molecule has 1 N–H and O–H groups in total. The largest absolute Gasteiger partial charge is 0.461 e. The zero-order valence-electron chi connectivity index (χ0n) is 13.0. The molecule has 6 nitrogen and oxygen atoms in total. The van der Waals surface area contributed by atoms with Gasteiger partial charge in [-0.2, -0.15) is 10.3 Å². The van der Waals surface area contributed by atoms with Gasteiger partial charge in [-0.05, 0) is 25.0 Å². The molecule has 2 aromatic rings. The van der Waals surface area contributed by atoms with Gasteiger partial charge in [0.1, 0.15) is 5.69 Å². The SMILES string of the molecule is CCCCOCc1cccc(-c2n[nH]nc2C(=O)OCC)c1. The second kappa shape index (κ2) is 8.29. The summed E-state index contributed by atoms with van der Waals surface area (Å²) in [4.78, 5) is 11.9. The Morgan fingerprint density at radius 3 is 2.91 bits per heavy atom. The molecule has 1 heterocycles. The smallest absolute Gasteiger partial charge is 0.361 e. The van der Waals surface area contributed by atoms with Crippen LogP contribution in [0.25, 0.3) is 11.3 Å². The monoisotopic (exact) mass is 303 g/mol. The van der Waals surface area contributed by atoms with Gasteiger partial charge in [-0.1, -0.05) is 31.5 Å². The van der Waals surface area contributed by atoms with Crippen molar-refractivity contribution in [2.24, 2.45) is 0 Å². The molecule has 6 heteroatoms. The minimum absolute atomic E-state index is 0.200. The summed E-state index contributed by atoms with van der Waals surface area (Å²) in [5, 5.41) is 10.4. The van der Waals surface area contributed by atoms with Gasteiger partial charge < -0.3 is 9.47 Å². The maximum atomic E-state index is 11.9. The highest BCUT2D eigenvalue weighted by atomic mass is 16.5. The Kier molecular flexibility index (Phi) is 6.09. The van der Waals surface area contributed by atoms with Gasteiger partial charge in [0.2, 0.25) is 0 Å². The van der Waals surface area contributed by atoms with Gasteiger partial charge in [0.05, 0.1) is 13.2 Å². The number of rotatable bonds is 8. The fraction of sp³-hybridized carbons (Fsp3) is 0.438. The fourth-order valence-corrected chi connectivity index (χ4v) is 2.02. The Morgan fingerprint density at radius 1 is 1.27 bits per heavy atom. The predicted octanol–water partition coefficient (Wildman–Crippen LogP) is 2.97. The number of carbonyl (C=O) groups excluding carboxylic acids is 1. The zero-order valence-corrected chi connectivity index (χ0v) is 13.0. The average molecular weight is 303 g/mol. The van der Waals surface area contributed by atoms with Crippen molar-refractivity contribution < 1.29 is 14.3 Å². The van der Waals surface area contributed by atoms with Crippen LogP contribution in [0.1, 0.15) is 42.7 Å². The number of aromatic nitrogens is 3. The summed E-state index contributed by atoms with van der Waals surface area (Å²) >= 11 is 0. The Balaban J connectivity index is 2.13. The number of hydrogen-bond donors (Lipinski definition) is 1. The predicted molar refractivity (Wildman–Crippen MR) is 82.3 cm³/mol. The minimum Gasteiger partial charge on any atom is -0.461 e. The molecule has 0 atom stereocenters. The molecule has 0 unspecified atom stereocenters. The van der Waals surface area contributed by atoms with E-state index in [9.17, 15) is 4.79 Å². The van der Waals surface area contributed by atoms with Gasteiger partial charge in [0, 0.05) is 12.2 Å². The summed E-state index contributed by atoms with van der Waals surface area (Å²) in [6, 6.07) is 7.74. The van der Waals surface area contributed by atoms with Crippen molar-refractivity contribution in [1.82, 2.24) is 15.4 Å². The fourth-order valence-electron chi connectivity index (χ4n) is 2.02. The van der Waals surface area contributed by atoms with Crippen LogP contribution >= 0.6 is 0 Å². The van der Waals surface area contributed by atoms with Crippen LogP contribution in [0.4, 0.5) is 0 Å². The molecule has 1 aromatic carbocycles. The molecule has 0 aliphatic rings. The summed E-state index contributed by atoms with van der Waals surface area (Å²) in [5.41, 5.74) is 2.54. The van der Waals surface area contributed by atoms with E-state index in [1.807, 2.05) is 24.3 Å². The van der Waals surface area contributed by atoms with E-state index in [2.05, 4.69) is 22.3 Å². The van der Waals surface area contributed by atoms with E-state index < -0.39 is 5.97 Å². The van der Waals surface area contributed by atoms with Crippen molar-refractivity contribution in [2.75, 3.05) is 13.2 Å². The van der Waals surface area contributed by atoms with Crippen molar-refractivity contribution >= 4 is 5.97 Å². The first-order valence-electron chi connectivity index (χ1n) is 7.51. The van der Waals surface area contributed by atoms with Crippen molar-refractivity contribution in [2.45, 2.75) is 33.3 Å². The molecule has 118 valence electrons. The molecule has 0 bridgehead atoms. The van der Waals surface area contributed by atoms with Gasteiger partial charge >= 0.3 is 5.97 Å². The molecule has 1 aromatic heterocycles. The quantitative estimate of drug-likeness (QED) is 0.599. The number of ether oxygens (including phenoxy) is 2. The maximum Gasteiger partial charge on any atom is 0.361 e. The molecule has 0 saturated heterocycles. The highest BCUT2D eigenvalue weighted by Crippen LogP contribution is 2.21. The van der Waals surface area contributed by atoms with E-state index in [-0.39, 0.29) is 5.69 Å². The lowest BCUT2D eigenvalue weighted by Gasteiger charge is -2.06. The molecular weight excluding hydrogens is 282 g/mol. The van der Waals surface area contributed by atoms with E-state index in [4.69, 9.17) is 9.47 Å². The molecule has 0 radical (unpaired) electrons. The Labute approximate surface area is 129 Å². The molecule has 2 rings (SSSR count). The van der Waals surface area contributed by atoms with Gasteiger partial charge in [0.25, 0.3) is 0 Å². The van der Waals surface area contributed by atoms with Crippen LogP contribution in [0, 0.1) is 0 Å². The minimum atomic E-state index is -0.476. The van der Waals surface area contributed by atoms with Gasteiger partial charge in [-0.25, -0.2) is 4.79 Å². The first-order valence-corrected chi connectivity index (χ1v) is 7.51. The Bertz CT molecular complexity index is 610. The van der Waals surface area contributed by atoms with Gasteiger partial charge in [0.15, 0.2) is 5.69 Å². The standard InChI is InChI=1S/C16H21N3O3/c1-3-5-9-21-11-12-7-6-8-13(10-12)14-15(18-19-17-14)16(20)22-4-2/h6-8,10H,3-5,9,11H2,1-2H3,(H,17,18,19). The number of H-pyrrole nitrogens is 1. The molecule has 0 spiro atoms. The Morgan fingerprint density at radius 2 is 2.14 bits per heavy atom. The molecule has 0 saturated carbocycles. The second-order valence-electron chi connectivity index (χ2n) is 4.85. The average Bonchev–Trinajstić information content (AvgIpc) is 3.02. The number of esters is 1. The number of nitrogens with one attached hydrogen (secondary N) is 1. The van der Waals surface area contributed by atoms with E-state index >= 15 is 0 Å². The van der Waals surface area contributed by atoms with Crippen LogP contribution in [0.5, 0.6) is 0 Å². The summed E-state index contributed by atoms with van der Waals surface area (Å²) in [5.74, 6) is -0.476. The third-order valence-electron chi connectivity index (χ3n) is 3.13. The van der Waals surface area contributed by atoms with Crippen molar-refractivity contribution in [3.63, 3.8) is 0 Å². The first kappa shape index (κ1) is 16.2. The van der Waals surface area contributed by atoms with Crippen LogP contribution in [-0.2, 0) is 16.1 Å². The van der Waals surface area contributed by atoms with E-state index in [0.29, 0.717) is 18.9 Å². The molecule has 22 heavy (non-hydrogen) atoms. The highest BCUT2D eigenvalue weighted by molar-refractivity contribution is 5.93. The summed E-state index contributed by atoms with van der Waals surface area (Å²) in [6.45, 7) is 5.48. The number of carbonyl (C=O) groups is 1. The summed E-state index contributed by atoms with van der Waals surface area (Å²) < 4.78 is 10.6. The summed E-state index contributed by atoms with van der Waals surface area (Å²) in [7, 11) is 0. The third kappa shape index (κ3) is 4.14. The number of aromatic amines is 1. The van der Waals surface area contributed by atoms with E-state index in [1.165, 1.54) is 0 Å². The zero-order chi connectivity index (χ0) is 15.8. The van der Waals surface area contributed by atoms with Crippen LogP contribution in [0.3, 0.4) is 0 Å². The maximum absolute atomic E-state index is 11.9. The van der Waals surface area contributed by atoms with Crippen LogP contribution in [0.2, 0.25) is 0 Å². The molecular formula is C16H21N3O3. The van der Waals surface area contributed by atoms with Crippen LogP contribution < -0.4 is 0 Å². The lowest BCUT2D eigenvalue weighted by atomic mass is 10.1. The number of hydrogen-bond acceptors (Lipinski definition) is 5. The van der Waals surface area contributed by atoms with Crippen LogP contribution in [-0.4, -0.2) is 34.6 Å². The van der Waals surface area contributed by atoms with Crippen molar-refractivity contribution in [3.8, 4) is 11.3 Å². The number of nitrogens with zero attached hydrogens (tertiary/aromatic N) is 2.